The summed E-state index contributed by atoms with van der Waals surface area (Å²) in [6, 6.07) is 16.7. The van der Waals surface area contributed by atoms with Crippen LogP contribution >= 0.6 is 0 Å². The van der Waals surface area contributed by atoms with Crippen LogP contribution in [-0.2, 0) is 17.8 Å². The lowest BCUT2D eigenvalue weighted by molar-refractivity contribution is -0.121. The highest BCUT2D eigenvalue weighted by atomic mass is 19.2. The molecule has 30 heavy (non-hydrogen) atoms. The van der Waals surface area contributed by atoms with Gasteiger partial charge in [-0.3, -0.25) is 4.79 Å². The second-order valence-corrected chi connectivity index (χ2v) is 6.54. The van der Waals surface area contributed by atoms with E-state index in [1.165, 1.54) is 6.07 Å². The van der Waals surface area contributed by atoms with Crippen molar-refractivity contribution in [3.8, 4) is 11.6 Å². The monoisotopic (exact) mass is 412 g/mol. The van der Waals surface area contributed by atoms with Gasteiger partial charge in [0.15, 0.2) is 11.6 Å². The van der Waals surface area contributed by atoms with E-state index in [1.54, 1.807) is 12.3 Å². The lowest BCUT2D eigenvalue weighted by Crippen LogP contribution is -2.23. The first-order valence-corrected chi connectivity index (χ1v) is 9.56. The molecule has 0 fully saturated rings. The Bertz CT molecular complexity index is 950. The number of para-hydroxylation sites is 1. The maximum Gasteiger partial charge on any atom is 0.220 e. The molecule has 5 nitrogen and oxygen atoms in total. The van der Waals surface area contributed by atoms with Crippen LogP contribution in [0.15, 0.2) is 66.9 Å². The van der Waals surface area contributed by atoms with Gasteiger partial charge in [-0.1, -0.05) is 30.3 Å². The molecule has 0 aliphatic heterocycles. The van der Waals surface area contributed by atoms with E-state index in [0.29, 0.717) is 37.6 Å². The van der Waals surface area contributed by atoms with E-state index in [2.05, 4.69) is 10.3 Å². The molecule has 156 valence electrons. The van der Waals surface area contributed by atoms with Crippen LogP contribution in [-0.4, -0.2) is 24.1 Å². The van der Waals surface area contributed by atoms with Crippen LogP contribution in [0.25, 0.3) is 0 Å². The number of pyridine rings is 1. The Morgan fingerprint density at radius 1 is 0.900 bits per heavy atom. The normalized spacial score (nSPS) is 10.5. The number of carbonyl (C=O) groups excluding carboxylic acids is 1. The van der Waals surface area contributed by atoms with E-state index in [4.69, 9.17) is 9.47 Å². The van der Waals surface area contributed by atoms with Gasteiger partial charge in [0.2, 0.25) is 11.8 Å². The van der Waals surface area contributed by atoms with E-state index in [-0.39, 0.29) is 12.3 Å². The first-order valence-electron chi connectivity index (χ1n) is 9.56. The second kappa shape index (κ2) is 10.9. The van der Waals surface area contributed by atoms with E-state index in [0.717, 1.165) is 23.4 Å². The Hall–Kier alpha value is -3.48. The summed E-state index contributed by atoms with van der Waals surface area (Å²) in [5.41, 5.74) is 1.40. The number of nitrogens with one attached hydrogen (secondary N) is 1. The van der Waals surface area contributed by atoms with E-state index >= 15 is 0 Å². The Labute approximate surface area is 173 Å². The minimum atomic E-state index is -0.909. The highest BCUT2D eigenvalue weighted by Gasteiger charge is 2.06. The van der Waals surface area contributed by atoms with Gasteiger partial charge >= 0.3 is 0 Å². The third-order valence-corrected chi connectivity index (χ3v) is 4.26. The zero-order valence-electron chi connectivity index (χ0n) is 16.3. The predicted molar refractivity (Wildman–Crippen MR) is 108 cm³/mol. The topological polar surface area (TPSA) is 60.5 Å². The lowest BCUT2D eigenvalue weighted by Gasteiger charge is -2.09. The van der Waals surface area contributed by atoms with Crippen molar-refractivity contribution in [2.75, 3.05) is 13.2 Å². The molecule has 0 spiro atoms. The zero-order valence-corrected chi connectivity index (χ0v) is 16.3. The largest absolute Gasteiger partial charge is 0.490 e. The number of amides is 1. The van der Waals surface area contributed by atoms with Gasteiger partial charge in [-0.2, -0.15) is 0 Å². The van der Waals surface area contributed by atoms with Crippen LogP contribution in [0.5, 0.6) is 11.6 Å². The molecule has 0 radical (unpaired) electrons. The number of aromatic nitrogens is 1. The summed E-state index contributed by atoms with van der Waals surface area (Å²) >= 11 is 0. The Balaban J connectivity index is 1.34. The number of carbonyl (C=O) groups is 1. The molecular formula is C23H22F2N2O3. The predicted octanol–water partition coefficient (Wildman–Crippen LogP) is 4.07. The number of benzene rings is 2. The van der Waals surface area contributed by atoms with Crippen LogP contribution in [0.3, 0.4) is 0 Å². The molecule has 0 atom stereocenters. The summed E-state index contributed by atoms with van der Waals surface area (Å²) in [6.45, 7) is 1.09. The van der Waals surface area contributed by atoms with Crippen molar-refractivity contribution in [1.82, 2.24) is 10.3 Å². The molecule has 7 heteroatoms. The number of nitrogens with zero attached hydrogens (tertiary/aromatic N) is 1. The van der Waals surface area contributed by atoms with Crippen LogP contribution < -0.4 is 14.8 Å². The molecule has 0 bridgehead atoms. The van der Waals surface area contributed by atoms with Gasteiger partial charge in [-0.25, -0.2) is 13.8 Å². The van der Waals surface area contributed by atoms with Gasteiger partial charge in [0, 0.05) is 25.2 Å². The summed E-state index contributed by atoms with van der Waals surface area (Å²) in [6.07, 6.45) is 2.14. The van der Waals surface area contributed by atoms with Crippen molar-refractivity contribution in [3.05, 3.63) is 89.6 Å². The first kappa shape index (κ1) is 21.2. The molecular weight excluding hydrogens is 390 g/mol. The van der Waals surface area contributed by atoms with Crippen molar-refractivity contribution in [1.29, 1.82) is 0 Å². The Morgan fingerprint density at radius 3 is 2.40 bits per heavy atom. The maximum atomic E-state index is 13.2. The fraction of sp³-hybridized carbons (Fsp3) is 0.217. The Morgan fingerprint density at radius 2 is 1.67 bits per heavy atom. The number of rotatable bonds is 10. The molecule has 1 aromatic heterocycles. The average molecular weight is 412 g/mol. The highest BCUT2D eigenvalue weighted by molar-refractivity contribution is 5.76. The molecule has 0 aliphatic carbocycles. The highest BCUT2D eigenvalue weighted by Crippen LogP contribution is 2.11. The SMILES string of the molecule is O=C(CCc1ccc(F)c(F)c1)NCc1ccc(OCCOc2ccccc2)nc1. The minimum Gasteiger partial charge on any atom is -0.490 e. The summed E-state index contributed by atoms with van der Waals surface area (Å²) in [4.78, 5) is 16.2. The van der Waals surface area contributed by atoms with Crippen molar-refractivity contribution in [3.63, 3.8) is 0 Å². The van der Waals surface area contributed by atoms with Crippen LogP contribution in [0, 0.1) is 11.6 Å². The Kier molecular flexibility index (Phi) is 7.71. The smallest absolute Gasteiger partial charge is 0.220 e. The third kappa shape index (κ3) is 6.84. The standard InChI is InChI=1S/C23H22F2N2O3/c24-20-9-6-17(14-21(20)25)7-10-22(28)26-15-18-8-11-23(27-16-18)30-13-12-29-19-4-2-1-3-5-19/h1-6,8-9,11,14,16H,7,10,12-13,15H2,(H,26,28). The molecule has 0 saturated heterocycles. The molecule has 1 N–H and O–H groups in total. The van der Waals surface area contributed by atoms with E-state index < -0.39 is 11.6 Å². The summed E-state index contributed by atoms with van der Waals surface area (Å²) in [5, 5.41) is 2.78. The van der Waals surface area contributed by atoms with Crippen LogP contribution in [0.1, 0.15) is 17.5 Å². The fourth-order valence-corrected chi connectivity index (χ4v) is 2.67. The quantitative estimate of drug-likeness (QED) is 0.510. The van der Waals surface area contributed by atoms with Crippen molar-refractivity contribution >= 4 is 5.91 Å². The molecule has 3 aromatic rings. The van der Waals surface area contributed by atoms with Crippen molar-refractivity contribution in [2.24, 2.45) is 0 Å². The van der Waals surface area contributed by atoms with Gasteiger partial charge in [0.1, 0.15) is 19.0 Å². The second-order valence-electron chi connectivity index (χ2n) is 6.54. The number of ether oxygens (including phenoxy) is 2. The first-order chi connectivity index (χ1) is 14.6. The molecule has 0 unspecified atom stereocenters. The van der Waals surface area contributed by atoms with Crippen LogP contribution in [0.2, 0.25) is 0 Å². The average Bonchev–Trinajstić information content (AvgIpc) is 2.77. The van der Waals surface area contributed by atoms with Crippen molar-refractivity contribution in [2.45, 2.75) is 19.4 Å². The van der Waals surface area contributed by atoms with E-state index in [9.17, 15) is 13.6 Å². The molecule has 0 saturated carbocycles. The lowest BCUT2D eigenvalue weighted by atomic mass is 10.1. The third-order valence-electron chi connectivity index (χ3n) is 4.26. The van der Waals surface area contributed by atoms with Gasteiger partial charge in [-0.05, 0) is 41.8 Å². The number of halogens is 2. The van der Waals surface area contributed by atoms with Crippen LogP contribution in [0.4, 0.5) is 8.78 Å². The fourth-order valence-electron chi connectivity index (χ4n) is 2.67. The summed E-state index contributed by atoms with van der Waals surface area (Å²) in [7, 11) is 0. The van der Waals surface area contributed by atoms with Gasteiger partial charge in [0.25, 0.3) is 0 Å². The molecule has 1 heterocycles. The molecule has 1 amide bonds. The number of hydrogen-bond acceptors (Lipinski definition) is 4. The van der Waals surface area contributed by atoms with E-state index in [1.807, 2.05) is 36.4 Å². The zero-order chi connectivity index (χ0) is 21.2. The summed E-state index contributed by atoms with van der Waals surface area (Å²) in [5.74, 6) is -0.734. The molecule has 2 aromatic carbocycles. The van der Waals surface area contributed by atoms with Gasteiger partial charge in [0.05, 0.1) is 0 Å². The molecule has 3 rings (SSSR count). The maximum absolute atomic E-state index is 13.2. The van der Waals surface area contributed by atoms with Crippen molar-refractivity contribution < 1.29 is 23.0 Å². The number of hydrogen-bond donors (Lipinski definition) is 1. The van der Waals surface area contributed by atoms with Gasteiger partial charge in [-0.15, -0.1) is 0 Å². The minimum absolute atomic E-state index is 0.182. The number of aryl methyl sites for hydroxylation is 1. The summed E-state index contributed by atoms with van der Waals surface area (Å²) < 4.78 is 37.2. The molecule has 0 aliphatic rings. The van der Waals surface area contributed by atoms with Gasteiger partial charge < -0.3 is 14.8 Å².